The highest BCUT2D eigenvalue weighted by atomic mass is 16.1. The average Bonchev–Trinajstić information content (AvgIpc) is 2.40. The molecule has 3 heteroatoms. The quantitative estimate of drug-likeness (QED) is 0.817. The minimum Gasteiger partial charge on any atom is -0.359 e. The van der Waals surface area contributed by atoms with Gasteiger partial charge in [0, 0.05) is 19.5 Å². The lowest BCUT2D eigenvalue weighted by atomic mass is 9.89. The van der Waals surface area contributed by atoms with Crippen LogP contribution < -0.4 is 5.32 Å². The normalized spacial score (nSPS) is 24.8. The summed E-state index contributed by atoms with van der Waals surface area (Å²) in [5.41, 5.74) is 0. The second-order valence-electron chi connectivity index (χ2n) is 5.65. The Hall–Kier alpha value is -0.570. The summed E-state index contributed by atoms with van der Waals surface area (Å²) < 4.78 is 0. The van der Waals surface area contributed by atoms with E-state index in [1.165, 1.54) is 58.0 Å². The first-order valence-corrected chi connectivity index (χ1v) is 7.24. The minimum atomic E-state index is 0.209. The van der Waals surface area contributed by atoms with Crippen LogP contribution in [0.1, 0.15) is 51.4 Å². The average molecular weight is 238 g/mol. The fourth-order valence-electron chi connectivity index (χ4n) is 3.33. The molecule has 0 atom stereocenters. The van der Waals surface area contributed by atoms with Gasteiger partial charge in [-0.3, -0.25) is 4.79 Å². The zero-order valence-corrected chi connectivity index (χ0v) is 11.1. The summed E-state index contributed by atoms with van der Waals surface area (Å²) in [4.78, 5) is 14.0. The molecule has 0 aromatic rings. The maximum absolute atomic E-state index is 11.3. The van der Waals surface area contributed by atoms with E-state index in [2.05, 4.69) is 10.2 Å². The van der Waals surface area contributed by atoms with Crippen molar-refractivity contribution in [1.82, 2.24) is 10.2 Å². The van der Waals surface area contributed by atoms with Gasteiger partial charge in [-0.1, -0.05) is 19.3 Å². The molecule has 1 saturated heterocycles. The number of carbonyl (C=O) groups excluding carboxylic acids is 1. The lowest BCUT2D eigenvalue weighted by molar-refractivity contribution is -0.121. The van der Waals surface area contributed by atoms with Crippen LogP contribution in [0.15, 0.2) is 0 Å². The molecule has 0 unspecified atom stereocenters. The fraction of sp³-hybridized carbons (Fsp3) is 0.929. The van der Waals surface area contributed by atoms with Gasteiger partial charge in [0.05, 0.1) is 0 Å². The van der Waals surface area contributed by atoms with E-state index < -0.39 is 0 Å². The van der Waals surface area contributed by atoms with E-state index >= 15 is 0 Å². The van der Waals surface area contributed by atoms with Gasteiger partial charge in [-0.25, -0.2) is 0 Å². The predicted octanol–water partition coefficient (Wildman–Crippen LogP) is 2.17. The molecule has 2 aliphatic rings. The molecule has 1 heterocycles. The summed E-state index contributed by atoms with van der Waals surface area (Å²) in [5.74, 6) is 0.830. The summed E-state index contributed by atoms with van der Waals surface area (Å²) in [6.45, 7) is 2.43. The molecule has 1 aliphatic heterocycles. The Labute approximate surface area is 105 Å². The van der Waals surface area contributed by atoms with E-state index in [-0.39, 0.29) is 5.91 Å². The highest BCUT2D eigenvalue weighted by Crippen LogP contribution is 2.28. The van der Waals surface area contributed by atoms with Gasteiger partial charge in [-0.2, -0.15) is 0 Å². The van der Waals surface area contributed by atoms with E-state index in [0.717, 1.165) is 12.5 Å². The number of amides is 1. The summed E-state index contributed by atoms with van der Waals surface area (Å²) in [6, 6.07) is 0.852. The maximum atomic E-state index is 11.3. The molecular formula is C14H26N2O. The summed E-state index contributed by atoms with van der Waals surface area (Å²) in [7, 11) is 1.74. The lowest BCUT2D eigenvalue weighted by Crippen LogP contribution is -2.42. The molecule has 0 bridgehead atoms. The number of piperidine rings is 1. The SMILES string of the molecule is CNC(=O)CC1CCN(C2CCCCC2)CC1. The molecule has 3 nitrogen and oxygen atoms in total. The number of nitrogens with zero attached hydrogens (tertiary/aromatic N) is 1. The van der Waals surface area contributed by atoms with E-state index in [4.69, 9.17) is 0 Å². The van der Waals surface area contributed by atoms with Crippen LogP contribution in [0.3, 0.4) is 0 Å². The van der Waals surface area contributed by atoms with E-state index in [9.17, 15) is 4.79 Å². The van der Waals surface area contributed by atoms with Gasteiger partial charge >= 0.3 is 0 Å². The number of rotatable bonds is 3. The van der Waals surface area contributed by atoms with Crippen molar-refractivity contribution in [3.63, 3.8) is 0 Å². The monoisotopic (exact) mass is 238 g/mol. The summed E-state index contributed by atoms with van der Waals surface area (Å²) in [6.07, 6.45) is 10.2. The van der Waals surface area contributed by atoms with Crippen LogP contribution in [0, 0.1) is 5.92 Å². The number of carbonyl (C=O) groups is 1. The van der Waals surface area contributed by atoms with Gasteiger partial charge in [-0.05, 0) is 44.7 Å². The first-order valence-electron chi connectivity index (χ1n) is 7.24. The Morgan fingerprint density at radius 2 is 1.76 bits per heavy atom. The highest BCUT2D eigenvalue weighted by molar-refractivity contribution is 5.75. The number of hydrogen-bond acceptors (Lipinski definition) is 2. The summed E-state index contributed by atoms with van der Waals surface area (Å²) >= 11 is 0. The number of hydrogen-bond donors (Lipinski definition) is 1. The molecule has 17 heavy (non-hydrogen) atoms. The van der Waals surface area contributed by atoms with Crippen LogP contribution >= 0.6 is 0 Å². The third kappa shape index (κ3) is 3.70. The topological polar surface area (TPSA) is 32.3 Å². The van der Waals surface area contributed by atoms with E-state index in [1.54, 1.807) is 7.05 Å². The first-order chi connectivity index (χ1) is 8.29. The van der Waals surface area contributed by atoms with Crippen molar-refractivity contribution in [3.05, 3.63) is 0 Å². The highest BCUT2D eigenvalue weighted by Gasteiger charge is 2.26. The Morgan fingerprint density at radius 3 is 2.35 bits per heavy atom. The Kier molecular flexibility index (Phi) is 4.84. The zero-order valence-electron chi connectivity index (χ0n) is 11.1. The van der Waals surface area contributed by atoms with Gasteiger partial charge in [0.2, 0.25) is 5.91 Å². The smallest absolute Gasteiger partial charge is 0.220 e. The standard InChI is InChI=1S/C14H26N2O/c1-15-14(17)11-12-7-9-16(10-8-12)13-5-3-2-4-6-13/h12-13H,2-11H2,1H3,(H,15,17). The van der Waals surface area contributed by atoms with Crippen LogP contribution in [0.5, 0.6) is 0 Å². The molecule has 0 aromatic carbocycles. The summed E-state index contributed by atoms with van der Waals surface area (Å²) in [5, 5.41) is 2.73. The molecule has 0 spiro atoms. The fourth-order valence-corrected chi connectivity index (χ4v) is 3.33. The molecule has 0 radical (unpaired) electrons. The Morgan fingerprint density at radius 1 is 1.12 bits per heavy atom. The molecule has 1 saturated carbocycles. The van der Waals surface area contributed by atoms with Crippen molar-refractivity contribution in [1.29, 1.82) is 0 Å². The van der Waals surface area contributed by atoms with E-state index in [0.29, 0.717) is 5.92 Å². The van der Waals surface area contributed by atoms with Crippen molar-refractivity contribution in [2.24, 2.45) is 5.92 Å². The molecule has 2 rings (SSSR count). The molecular weight excluding hydrogens is 212 g/mol. The van der Waals surface area contributed by atoms with Crippen LogP contribution in [0.2, 0.25) is 0 Å². The molecule has 0 aromatic heterocycles. The molecule has 2 fully saturated rings. The second kappa shape index (κ2) is 6.39. The number of nitrogens with one attached hydrogen (secondary N) is 1. The molecule has 98 valence electrons. The number of likely N-dealkylation sites (tertiary alicyclic amines) is 1. The second-order valence-corrected chi connectivity index (χ2v) is 5.65. The first kappa shape index (κ1) is 12.9. The van der Waals surface area contributed by atoms with Gasteiger partial charge < -0.3 is 10.2 Å². The molecule has 1 aliphatic carbocycles. The van der Waals surface area contributed by atoms with Crippen LogP contribution in [-0.2, 0) is 4.79 Å². The maximum Gasteiger partial charge on any atom is 0.220 e. The van der Waals surface area contributed by atoms with Crippen molar-refractivity contribution >= 4 is 5.91 Å². The Bertz CT molecular complexity index is 241. The van der Waals surface area contributed by atoms with Crippen LogP contribution in [0.25, 0.3) is 0 Å². The van der Waals surface area contributed by atoms with Crippen molar-refractivity contribution < 1.29 is 4.79 Å². The van der Waals surface area contributed by atoms with Gasteiger partial charge in [-0.15, -0.1) is 0 Å². The van der Waals surface area contributed by atoms with Crippen LogP contribution in [-0.4, -0.2) is 37.0 Å². The van der Waals surface area contributed by atoms with Crippen molar-refractivity contribution in [2.75, 3.05) is 20.1 Å². The van der Waals surface area contributed by atoms with Crippen molar-refractivity contribution in [3.8, 4) is 0 Å². The van der Waals surface area contributed by atoms with Crippen LogP contribution in [0.4, 0.5) is 0 Å². The minimum absolute atomic E-state index is 0.209. The van der Waals surface area contributed by atoms with Gasteiger partial charge in [0.25, 0.3) is 0 Å². The molecule has 1 N–H and O–H groups in total. The van der Waals surface area contributed by atoms with E-state index in [1.807, 2.05) is 0 Å². The third-order valence-corrected chi connectivity index (χ3v) is 4.49. The largest absolute Gasteiger partial charge is 0.359 e. The van der Waals surface area contributed by atoms with Gasteiger partial charge in [0.1, 0.15) is 0 Å². The van der Waals surface area contributed by atoms with Crippen molar-refractivity contribution in [2.45, 2.75) is 57.4 Å². The Balaban J connectivity index is 1.71. The molecule has 1 amide bonds. The third-order valence-electron chi connectivity index (χ3n) is 4.49. The predicted molar refractivity (Wildman–Crippen MR) is 69.9 cm³/mol. The zero-order chi connectivity index (χ0) is 12.1. The lowest BCUT2D eigenvalue weighted by Gasteiger charge is -2.39. The van der Waals surface area contributed by atoms with Gasteiger partial charge in [0.15, 0.2) is 0 Å².